The van der Waals surface area contributed by atoms with Gasteiger partial charge in [-0.2, -0.15) is 0 Å². The van der Waals surface area contributed by atoms with E-state index in [4.69, 9.17) is 0 Å². The number of carbonyl (C=O) groups is 1. The van der Waals surface area contributed by atoms with Crippen LogP contribution in [0.15, 0.2) is 29.2 Å². The van der Waals surface area contributed by atoms with Gasteiger partial charge < -0.3 is 4.79 Å². The summed E-state index contributed by atoms with van der Waals surface area (Å²) in [7, 11) is -4.16. The Morgan fingerprint density at radius 2 is 1.80 bits per heavy atom. The van der Waals surface area contributed by atoms with Gasteiger partial charge in [-0.1, -0.05) is 17.7 Å². The van der Waals surface area contributed by atoms with Gasteiger partial charge in [0, 0.05) is 24.7 Å². The van der Waals surface area contributed by atoms with Crippen LogP contribution in [-0.4, -0.2) is 24.0 Å². The van der Waals surface area contributed by atoms with Crippen molar-refractivity contribution < 1.29 is 18.1 Å². The van der Waals surface area contributed by atoms with Gasteiger partial charge in [-0.25, -0.2) is 8.42 Å². The van der Waals surface area contributed by atoms with Crippen molar-refractivity contribution >= 4 is 15.6 Å². The van der Waals surface area contributed by atoms with Crippen molar-refractivity contribution in [2.24, 2.45) is 0 Å². The molecular formula is C13H17NO5S. The van der Waals surface area contributed by atoms with Crippen LogP contribution in [0.25, 0.3) is 0 Å². The van der Waals surface area contributed by atoms with Crippen molar-refractivity contribution in [3.63, 3.8) is 0 Å². The van der Waals surface area contributed by atoms with Crippen LogP contribution >= 0.6 is 0 Å². The average Bonchev–Trinajstić information content (AvgIpc) is 2.35. The molecule has 0 bridgehead atoms. The highest BCUT2D eigenvalue weighted by molar-refractivity contribution is 7.92. The molecule has 1 aromatic carbocycles. The van der Waals surface area contributed by atoms with E-state index in [2.05, 4.69) is 0 Å². The second-order valence-corrected chi connectivity index (χ2v) is 7.31. The molecule has 1 atom stereocenters. The summed E-state index contributed by atoms with van der Waals surface area (Å²) in [4.78, 5) is 19.1. The fourth-order valence-electron chi connectivity index (χ4n) is 1.70. The highest BCUT2D eigenvalue weighted by atomic mass is 32.2. The van der Waals surface area contributed by atoms with Gasteiger partial charge in [0.2, 0.25) is 9.84 Å². The van der Waals surface area contributed by atoms with E-state index in [0.717, 1.165) is 12.5 Å². The quantitative estimate of drug-likeness (QED) is 0.592. The number of hydrogen-bond donors (Lipinski definition) is 0. The Bertz CT molecular complexity index is 621. The molecule has 7 heteroatoms. The van der Waals surface area contributed by atoms with Crippen molar-refractivity contribution in [2.75, 3.05) is 0 Å². The summed E-state index contributed by atoms with van der Waals surface area (Å²) in [5, 5.41) is 11.2. The molecule has 0 spiro atoms. The lowest BCUT2D eigenvalue weighted by atomic mass is 10.1. The summed E-state index contributed by atoms with van der Waals surface area (Å²) in [6, 6.07) is 5.86. The number of aryl methyl sites for hydroxylation is 1. The maximum atomic E-state index is 12.5. The maximum absolute atomic E-state index is 12.5. The Balaban J connectivity index is 3.28. The summed E-state index contributed by atoms with van der Waals surface area (Å²) in [6.45, 7) is 4.11. The molecule has 0 radical (unpaired) electrons. The van der Waals surface area contributed by atoms with Gasteiger partial charge in [-0.3, -0.25) is 10.1 Å². The van der Waals surface area contributed by atoms with Crippen molar-refractivity contribution in [3.8, 4) is 0 Å². The van der Waals surface area contributed by atoms with E-state index in [9.17, 15) is 23.3 Å². The molecule has 0 aromatic heterocycles. The number of Topliss-reactive ketones (excluding diaryl/α,β-unsaturated/α-hetero) is 1. The van der Waals surface area contributed by atoms with Crippen LogP contribution in [0.5, 0.6) is 0 Å². The van der Waals surface area contributed by atoms with Crippen LogP contribution < -0.4 is 0 Å². The molecule has 0 N–H and O–H groups in total. The van der Waals surface area contributed by atoms with Gasteiger partial charge in [-0.05, 0) is 26.0 Å². The first-order chi connectivity index (χ1) is 9.11. The number of benzene rings is 1. The third kappa shape index (κ3) is 3.04. The smallest absolute Gasteiger partial charge is 0.300 e. The fraction of sp³-hybridized carbons (Fsp3) is 0.462. The minimum Gasteiger partial charge on any atom is -0.300 e. The third-order valence-corrected chi connectivity index (χ3v) is 5.64. The first-order valence-electron chi connectivity index (χ1n) is 6.06. The van der Waals surface area contributed by atoms with Gasteiger partial charge in [0.1, 0.15) is 5.78 Å². The number of nitro groups is 1. The first-order valence-corrected chi connectivity index (χ1v) is 7.55. The summed E-state index contributed by atoms with van der Waals surface area (Å²) in [5.74, 6) is -0.280. The Labute approximate surface area is 117 Å². The molecule has 0 saturated carbocycles. The van der Waals surface area contributed by atoms with Crippen molar-refractivity contribution in [3.05, 3.63) is 39.9 Å². The molecule has 0 heterocycles. The highest BCUT2D eigenvalue weighted by Crippen LogP contribution is 2.30. The summed E-state index contributed by atoms with van der Waals surface area (Å²) in [5.41, 5.74) is 0.857. The molecule has 20 heavy (non-hydrogen) atoms. The van der Waals surface area contributed by atoms with Crippen LogP contribution in [0.1, 0.15) is 32.3 Å². The molecular weight excluding hydrogens is 282 g/mol. The van der Waals surface area contributed by atoms with Gasteiger partial charge in [0.05, 0.1) is 4.90 Å². The standard InChI is InChI=1S/C13H17NO5S/c1-10-4-6-12(7-5-10)20(18,19)13(3,14(16)17)9-8-11(2)15/h4-7H,8-9H2,1-3H3. The van der Waals surface area contributed by atoms with Crippen LogP contribution in [0.4, 0.5) is 0 Å². The zero-order valence-corrected chi connectivity index (χ0v) is 12.4. The van der Waals surface area contributed by atoms with Crippen LogP contribution in [0, 0.1) is 17.0 Å². The van der Waals surface area contributed by atoms with E-state index < -0.39 is 19.6 Å². The molecule has 0 aliphatic heterocycles. The fourth-order valence-corrected chi connectivity index (χ4v) is 3.27. The largest absolute Gasteiger partial charge is 0.321 e. The first kappa shape index (κ1) is 16.3. The molecule has 0 amide bonds. The van der Waals surface area contributed by atoms with Crippen molar-refractivity contribution in [2.45, 2.75) is 43.4 Å². The van der Waals surface area contributed by atoms with Crippen molar-refractivity contribution in [1.29, 1.82) is 0 Å². The van der Waals surface area contributed by atoms with E-state index in [1.54, 1.807) is 19.1 Å². The van der Waals surface area contributed by atoms with Crippen LogP contribution in [0.3, 0.4) is 0 Å². The minimum atomic E-state index is -4.16. The summed E-state index contributed by atoms with van der Waals surface area (Å²) in [6.07, 6.45) is -0.492. The maximum Gasteiger partial charge on any atom is 0.321 e. The lowest BCUT2D eigenvalue weighted by molar-refractivity contribution is -0.537. The summed E-state index contributed by atoms with van der Waals surface area (Å²) < 4.78 is 24.9. The topological polar surface area (TPSA) is 94.3 Å². The number of nitrogens with zero attached hydrogens (tertiary/aromatic N) is 1. The van der Waals surface area contributed by atoms with E-state index in [0.29, 0.717) is 0 Å². The third-order valence-electron chi connectivity index (χ3n) is 3.24. The van der Waals surface area contributed by atoms with E-state index in [1.807, 2.05) is 0 Å². The van der Waals surface area contributed by atoms with Crippen LogP contribution in [-0.2, 0) is 14.6 Å². The Morgan fingerprint density at radius 3 is 2.20 bits per heavy atom. The molecule has 0 aliphatic rings. The molecule has 1 rings (SSSR count). The SMILES string of the molecule is CC(=O)CCC(C)([N+](=O)[O-])S(=O)(=O)c1ccc(C)cc1. The van der Waals surface area contributed by atoms with Crippen LogP contribution in [0.2, 0.25) is 0 Å². The molecule has 0 fully saturated rings. The normalized spacial score (nSPS) is 14.6. The highest BCUT2D eigenvalue weighted by Gasteiger charge is 2.51. The van der Waals surface area contributed by atoms with Gasteiger partial charge >= 0.3 is 4.87 Å². The zero-order chi connectivity index (χ0) is 15.6. The number of hydrogen-bond acceptors (Lipinski definition) is 5. The zero-order valence-electron chi connectivity index (χ0n) is 11.6. The van der Waals surface area contributed by atoms with Gasteiger partial charge in [0.15, 0.2) is 0 Å². The van der Waals surface area contributed by atoms with E-state index in [-0.39, 0.29) is 23.5 Å². The second-order valence-electron chi connectivity index (χ2n) is 4.95. The predicted octanol–water partition coefficient (Wildman–Crippen LogP) is 2.13. The molecule has 6 nitrogen and oxygen atoms in total. The molecule has 0 aliphatic carbocycles. The predicted molar refractivity (Wildman–Crippen MR) is 73.7 cm³/mol. The van der Waals surface area contributed by atoms with Gasteiger partial charge in [-0.15, -0.1) is 0 Å². The van der Waals surface area contributed by atoms with Gasteiger partial charge in [0.25, 0.3) is 0 Å². The second kappa shape index (κ2) is 5.70. The van der Waals surface area contributed by atoms with Crippen molar-refractivity contribution in [1.82, 2.24) is 0 Å². The number of rotatable bonds is 6. The minimum absolute atomic E-state index is 0.106. The average molecular weight is 299 g/mol. The number of ketones is 1. The lowest BCUT2D eigenvalue weighted by Crippen LogP contribution is -2.43. The molecule has 0 saturated heterocycles. The Kier molecular flexibility index (Phi) is 4.65. The monoisotopic (exact) mass is 299 g/mol. The summed E-state index contributed by atoms with van der Waals surface area (Å²) >= 11 is 0. The Hall–Kier alpha value is -1.76. The molecule has 110 valence electrons. The lowest BCUT2D eigenvalue weighted by Gasteiger charge is -2.20. The number of carbonyl (C=O) groups excluding carboxylic acids is 1. The number of sulfone groups is 1. The van der Waals surface area contributed by atoms with E-state index >= 15 is 0 Å². The Morgan fingerprint density at radius 1 is 1.30 bits per heavy atom. The van der Waals surface area contributed by atoms with E-state index in [1.165, 1.54) is 19.1 Å². The molecule has 1 unspecified atom stereocenters. The molecule has 1 aromatic rings.